The highest BCUT2D eigenvalue weighted by Gasteiger charge is 2.09. The van der Waals surface area contributed by atoms with Crippen LogP contribution in [0.5, 0.6) is 5.75 Å². The highest BCUT2D eigenvalue weighted by Crippen LogP contribution is 2.31. The van der Waals surface area contributed by atoms with Gasteiger partial charge in [0, 0.05) is 16.7 Å². The molecule has 0 saturated heterocycles. The Morgan fingerprint density at radius 2 is 1.79 bits per heavy atom. The van der Waals surface area contributed by atoms with E-state index in [0.29, 0.717) is 18.0 Å². The summed E-state index contributed by atoms with van der Waals surface area (Å²) in [5.74, 6) is 0.0302. The summed E-state index contributed by atoms with van der Waals surface area (Å²) in [6, 6.07) is 13.6. The van der Waals surface area contributed by atoms with Crippen molar-refractivity contribution >= 4 is 49.4 Å². The maximum atomic E-state index is 12.0. The monoisotopic (exact) mass is 523 g/mol. The molecule has 0 aromatic heterocycles. The fourth-order valence-electron chi connectivity index (χ4n) is 2.40. The first-order valence-electron chi connectivity index (χ1n) is 9.06. The molecule has 0 aliphatic heterocycles. The number of amides is 2. The second-order valence-electron chi connectivity index (χ2n) is 6.46. The van der Waals surface area contributed by atoms with Crippen LogP contribution >= 0.6 is 31.9 Å². The zero-order valence-corrected chi connectivity index (χ0v) is 19.5. The molecule has 0 spiro atoms. The molecule has 2 N–H and O–H groups in total. The largest absolute Gasteiger partial charge is 0.483 e. The lowest BCUT2D eigenvalue weighted by atomic mass is 10.1. The molecule has 154 valence electrons. The van der Waals surface area contributed by atoms with Crippen molar-refractivity contribution in [2.45, 2.75) is 26.7 Å². The number of hydrazone groups is 1. The minimum atomic E-state index is -0.402. The molecule has 29 heavy (non-hydrogen) atoms. The molecule has 0 unspecified atom stereocenters. The maximum Gasteiger partial charge on any atom is 0.277 e. The molecule has 0 aliphatic carbocycles. The minimum absolute atomic E-state index is 0.118. The molecule has 0 heterocycles. The molecule has 0 atom stereocenters. The first kappa shape index (κ1) is 23.1. The Kier molecular flexibility index (Phi) is 9.34. The van der Waals surface area contributed by atoms with Gasteiger partial charge in [0.15, 0.2) is 6.61 Å². The van der Waals surface area contributed by atoms with Gasteiger partial charge in [-0.05, 0) is 59.5 Å². The van der Waals surface area contributed by atoms with Crippen LogP contribution in [0.25, 0.3) is 0 Å². The molecular formula is C21H23Br2N3O3. The van der Waals surface area contributed by atoms with Crippen LogP contribution in [0.15, 0.2) is 56.5 Å². The first-order chi connectivity index (χ1) is 13.8. The number of hydrogen-bond donors (Lipinski definition) is 2. The van der Waals surface area contributed by atoms with E-state index in [0.717, 1.165) is 26.5 Å². The number of rotatable bonds is 9. The molecule has 6 nitrogen and oxygen atoms in total. The molecule has 0 saturated carbocycles. The number of benzene rings is 2. The van der Waals surface area contributed by atoms with Crippen LogP contribution in [0.1, 0.15) is 24.5 Å². The van der Waals surface area contributed by atoms with Crippen LogP contribution in [0.3, 0.4) is 0 Å². The standard InChI is InChI=1S/C21H23Br2N3O3/c1-14-10-19(18(23)12-17(14)22)29-13-21(28)26-25-15(2)11-20(27)24-9-8-16-6-4-3-5-7-16/h3-7,10,12H,8-9,11,13H2,1-2H3,(H,24,27)(H,26,28)/b25-15-. The lowest BCUT2D eigenvalue weighted by Crippen LogP contribution is -2.29. The quantitative estimate of drug-likeness (QED) is 0.382. The van der Waals surface area contributed by atoms with Gasteiger partial charge in [-0.25, -0.2) is 5.43 Å². The fraction of sp³-hybridized carbons (Fsp3) is 0.286. The summed E-state index contributed by atoms with van der Waals surface area (Å²) in [7, 11) is 0. The summed E-state index contributed by atoms with van der Waals surface area (Å²) < 4.78 is 7.21. The minimum Gasteiger partial charge on any atom is -0.483 e. The molecule has 0 bridgehead atoms. The number of halogens is 2. The number of nitrogens with zero attached hydrogens (tertiary/aromatic N) is 1. The van der Waals surface area contributed by atoms with Gasteiger partial charge >= 0.3 is 0 Å². The van der Waals surface area contributed by atoms with Crippen molar-refractivity contribution in [1.29, 1.82) is 0 Å². The van der Waals surface area contributed by atoms with Crippen LogP contribution in [-0.4, -0.2) is 30.7 Å². The summed E-state index contributed by atoms with van der Waals surface area (Å²) in [5, 5.41) is 6.80. The molecule has 2 aromatic rings. The van der Waals surface area contributed by atoms with E-state index >= 15 is 0 Å². The summed E-state index contributed by atoms with van der Waals surface area (Å²) >= 11 is 6.83. The van der Waals surface area contributed by atoms with E-state index in [-0.39, 0.29) is 18.9 Å². The normalized spacial score (nSPS) is 11.1. The van der Waals surface area contributed by atoms with Crippen molar-refractivity contribution in [3.63, 3.8) is 0 Å². The number of hydrogen-bond acceptors (Lipinski definition) is 4. The smallest absolute Gasteiger partial charge is 0.277 e. The number of carbonyl (C=O) groups excluding carboxylic acids is 2. The number of nitrogens with one attached hydrogen (secondary N) is 2. The predicted octanol–water partition coefficient (Wildman–Crippen LogP) is 4.14. The Labute approximate surface area is 187 Å². The molecule has 0 aliphatic rings. The molecule has 0 fully saturated rings. The van der Waals surface area contributed by atoms with Crippen LogP contribution < -0.4 is 15.5 Å². The van der Waals surface area contributed by atoms with Gasteiger partial charge in [-0.3, -0.25) is 9.59 Å². The van der Waals surface area contributed by atoms with Crippen LogP contribution in [0, 0.1) is 6.92 Å². The predicted molar refractivity (Wildman–Crippen MR) is 121 cm³/mol. The van der Waals surface area contributed by atoms with Crippen molar-refractivity contribution in [2.75, 3.05) is 13.2 Å². The van der Waals surface area contributed by atoms with E-state index < -0.39 is 5.91 Å². The topological polar surface area (TPSA) is 79.8 Å². The Morgan fingerprint density at radius 3 is 2.52 bits per heavy atom. The highest BCUT2D eigenvalue weighted by molar-refractivity contribution is 9.11. The second-order valence-corrected chi connectivity index (χ2v) is 8.17. The van der Waals surface area contributed by atoms with Gasteiger partial charge in [-0.15, -0.1) is 0 Å². The number of aryl methyl sites for hydroxylation is 1. The zero-order chi connectivity index (χ0) is 21.2. The molecular weight excluding hydrogens is 502 g/mol. The van der Waals surface area contributed by atoms with E-state index in [1.807, 2.05) is 49.4 Å². The van der Waals surface area contributed by atoms with E-state index in [4.69, 9.17) is 4.74 Å². The lowest BCUT2D eigenvalue weighted by molar-refractivity contribution is -0.123. The van der Waals surface area contributed by atoms with E-state index in [1.165, 1.54) is 0 Å². The third-order valence-corrected chi connectivity index (χ3v) is 5.41. The Morgan fingerprint density at radius 1 is 1.07 bits per heavy atom. The van der Waals surface area contributed by atoms with Crippen LogP contribution in [0.2, 0.25) is 0 Å². The molecule has 0 radical (unpaired) electrons. The van der Waals surface area contributed by atoms with Crippen molar-refractivity contribution < 1.29 is 14.3 Å². The summed E-state index contributed by atoms with van der Waals surface area (Å²) in [6.45, 7) is 3.99. The number of ether oxygens (including phenoxy) is 1. The Hall–Kier alpha value is -2.19. The van der Waals surface area contributed by atoms with Gasteiger partial charge in [0.05, 0.1) is 10.9 Å². The molecule has 2 amide bonds. The average Bonchev–Trinajstić information content (AvgIpc) is 2.69. The van der Waals surface area contributed by atoms with E-state index in [2.05, 4.69) is 47.7 Å². The van der Waals surface area contributed by atoms with Gasteiger partial charge in [0.1, 0.15) is 5.75 Å². The summed E-state index contributed by atoms with van der Waals surface area (Å²) in [4.78, 5) is 23.9. The van der Waals surface area contributed by atoms with Gasteiger partial charge in [-0.2, -0.15) is 5.10 Å². The van der Waals surface area contributed by atoms with Crippen molar-refractivity contribution in [1.82, 2.24) is 10.7 Å². The molecule has 2 aromatic carbocycles. The summed E-state index contributed by atoms with van der Waals surface area (Å²) in [5.41, 5.74) is 5.08. The SMILES string of the molecule is C/C(CC(=O)NCCc1ccccc1)=N/NC(=O)COc1cc(C)c(Br)cc1Br. The molecule has 8 heteroatoms. The third-order valence-electron chi connectivity index (χ3n) is 3.94. The average molecular weight is 525 g/mol. The Bertz CT molecular complexity index is 886. The van der Waals surface area contributed by atoms with Crippen molar-refractivity contribution in [2.24, 2.45) is 5.10 Å². The van der Waals surface area contributed by atoms with Crippen LogP contribution in [0.4, 0.5) is 0 Å². The molecule has 2 rings (SSSR count). The third kappa shape index (κ3) is 8.37. The van der Waals surface area contributed by atoms with E-state index in [9.17, 15) is 9.59 Å². The first-order valence-corrected chi connectivity index (χ1v) is 10.6. The summed E-state index contributed by atoms with van der Waals surface area (Å²) in [6.07, 6.45) is 0.884. The Balaban J connectivity index is 1.70. The van der Waals surface area contributed by atoms with E-state index in [1.54, 1.807) is 6.92 Å². The highest BCUT2D eigenvalue weighted by atomic mass is 79.9. The van der Waals surface area contributed by atoms with Gasteiger partial charge in [0.25, 0.3) is 5.91 Å². The lowest BCUT2D eigenvalue weighted by Gasteiger charge is -2.10. The van der Waals surface area contributed by atoms with Gasteiger partial charge in [-0.1, -0.05) is 46.3 Å². The fourth-order valence-corrected chi connectivity index (χ4v) is 3.51. The maximum absolute atomic E-state index is 12.0. The van der Waals surface area contributed by atoms with Crippen LogP contribution in [-0.2, 0) is 16.0 Å². The van der Waals surface area contributed by atoms with Gasteiger partial charge < -0.3 is 10.1 Å². The van der Waals surface area contributed by atoms with Crippen molar-refractivity contribution in [3.05, 3.63) is 62.5 Å². The zero-order valence-electron chi connectivity index (χ0n) is 16.3. The second kappa shape index (κ2) is 11.7. The van der Waals surface area contributed by atoms with Crippen molar-refractivity contribution in [3.8, 4) is 5.75 Å². The number of carbonyl (C=O) groups is 2. The van der Waals surface area contributed by atoms with Gasteiger partial charge in [0.2, 0.25) is 5.91 Å².